The lowest BCUT2D eigenvalue weighted by atomic mass is 9.94. The van der Waals surface area contributed by atoms with Gasteiger partial charge < -0.3 is 4.74 Å². The van der Waals surface area contributed by atoms with Crippen LogP contribution in [0.5, 0.6) is 0 Å². The summed E-state index contributed by atoms with van der Waals surface area (Å²) in [5, 5.41) is 0. The molecule has 0 radical (unpaired) electrons. The second-order valence-corrected chi connectivity index (χ2v) is 6.43. The summed E-state index contributed by atoms with van der Waals surface area (Å²) < 4.78 is 81.8. The lowest BCUT2D eigenvalue weighted by Crippen LogP contribution is -2.19. The number of ether oxygens (including phenoxy) is 1. The van der Waals surface area contributed by atoms with E-state index < -0.39 is 35.0 Å². The molecule has 1 fully saturated rings. The maximum atomic E-state index is 12.8. The van der Waals surface area contributed by atoms with Crippen molar-refractivity contribution < 1.29 is 35.9 Å². The zero-order valence-corrected chi connectivity index (χ0v) is 12.8. The Bertz CT molecular complexity index is 672. The SMILES string of the molecule is O=C(OCC1CC2C=CC1C2)c1cc(C(F)(F)F)cc(C(F)(F)F)c1. The van der Waals surface area contributed by atoms with Crippen molar-refractivity contribution >= 4 is 5.97 Å². The van der Waals surface area contributed by atoms with Crippen LogP contribution in [-0.2, 0) is 17.1 Å². The molecule has 136 valence electrons. The minimum absolute atomic E-state index is 0.0120. The number of halogens is 6. The third-order valence-corrected chi connectivity index (χ3v) is 4.67. The van der Waals surface area contributed by atoms with Crippen LogP contribution in [0.25, 0.3) is 0 Å². The van der Waals surface area contributed by atoms with Gasteiger partial charge in [-0.05, 0) is 48.8 Å². The molecule has 0 saturated heterocycles. The summed E-state index contributed by atoms with van der Waals surface area (Å²) >= 11 is 0. The van der Waals surface area contributed by atoms with Gasteiger partial charge in [-0.3, -0.25) is 0 Å². The molecule has 2 aliphatic rings. The molecule has 25 heavy (non-hydrogen) atoms. The third-order valence-electron chi connectivity index (χ3n) is 4.67. The molecule has 1 aromatic carbocycles. The molecule has 1 saturated carbocycles. The van der Waals surface area contributed by atoms with Crippen molar-refractivity contribution in [1.29, 1.82) is 0 Å². The van der Waals surface area contributed by atoms with Gasteiger partial charge in [-0.1, -0.05) is 12.2 Å². The van der Waals surface area contributed by atoms with E-state index in [0.717, 1.165) is 12.8 Å². The molecule has 0 heterocycles. The molecule has 2 bridgehead atoms. The molecule has 3 rings (SSSR count). The van der Waals surface area contributed by atoms with Crippen molar-refractivity contribution in [2.45, 2.75) is 25.2 Å². The van der Waals surface area contributed by atoms with Crippen molar-refractivity contribution in [1.82, 2.24) is 0 Å². The Labute approximate surface area is 139 Å². The van der Waals surface area contributed by atoms with E-state index in [9.17, 15) is 31.1 Å². The van der Waals surface area contributed by atoms with Gasteiger partial charge in [0, 0.05) is 0 Å². The van der Waals surface area contributed by atoms with Crippen molar-refractivity contribution in [3.8, 4) is 0 Å². The number of fused-ring (bicyclic) bond motifs is 2. The van der Waals surface area contributed by atoms with Crippen LogP contribution in [0.15, 0.2) is 30.4 Å². The number of hydrogen-bond acceptors (Lipinski definition) is 2. The van der Waals surface area contributed by atoms with Gasteiger partial charge in [0.25, 0.3) is 0 Å². The highest BCUT2D eigenvalue weighted by Crippen LogP contribution is 2.43. The predicted octanol–water partition coefficient (Wildman–Crippen LogP) is 5.09. The lowest BCUT2D eigenvalue weighted by molar-refractivity contribution is -0.143. The van der Waals surface area contributed by atoms with E-state index in [2.05, 4.69) is 6.08 Å². The Morgan fingerprint density at radius 2 is 1.56 bits per heavy atom. The van der Waals surface area contributed by atoms with E-state index in [4.69, 9.17) is 4.74 Å². The first-order valence-corrected chi connectivity index (χ1v) is 7.69. The van der Waals surface area contributed by atoms with Gasteiger partial charge in [0.05, 0.1) is 23.3 Å². The standard InChI is InChI=1S/C17H14F6O2/c18-16(19,20)13-5-11(6-14(7-13)17(21,22)23)15(24)25-8-12-4-9-1-2-10(12)3-9/h1-2,5-7,9-10,12H,3-4,8H2. The van der Waals surface area contributed by atoms with Gasteiger partial charge in [0.15, 0.2) is 0 Å². The fourth-order valence-electron chi connectivity index (χ4n) is 3.43. The second-order valence-electron chi connectivity index (χ2n) is 6.43. The molecule has 0 aromatic heterocycles. The number of hydrogen-bond donors (Lipinski definition) is 0. The molecular weight excluding hydrogens is 350 g/mol. The molecule has 2 nitrogen and oxygen atoms in total. The largest absolute Gasteiger partial charge is 0.462 e. The van der Waals surface area contributed by atoms with Gasteiger partial charge in [-0.15, -0.1) is 0 Å². The Morgan fingerprint density at radius 3 is 2.00 bits per heavy atom. The van der Waals surface area contributed by atoms with Gasteiger partial charge in [-0.2, -0.15) is 26.3 Å². The second kappa shape index (κ2) is 6.07. The molecule has 3 unspecified atom stereocenters. The highest BCUT2D eigenvalue weighted by molar-refractivity contribution is 5.90. The maximum absolute atomic E-state index is 12.8. The average molecular weight is 364 g/mol. The fraction of sp³-hybridized carbons (Fsp3) is 0.471. The summed E-state index contributed by atoms with van der Waals surface area (Å²) in [6, 6.07) is 0.758. The number of esters is 1. The first kappa shape index (κ1) is 17.8. The maximum Gasteiger partial charge on any atom is 0.416 e. The topological polar surface area (TPSA) is 26.3 Å². The Kier molecular flexibility index (Phi) is 4.33. The van der Waals surface area contributed by atoms with Gasteiger partial charge >= 0.3 is 18.3 Å². The number of rotatable bonds is 3. The Balaban J connectivity index is 1.78. The first-order chi connectivity index (χ1) is 11.5. The Morgan fingerprint density at radius 1 is 0.960 bits per heavy atom. The molecule has 8 heteroatoms. The molecule has 1 aromatic rings. The minimum atomic E-state index is -4.99. The van der Waals surface area contributed by atoms with Crippen LogP contribution in [0, 0.1) is 17.8 Å². The molecule has 0 aliphatic heterocycles. The predicted molar refractivity (Wildman–Crippen MR) is 75.6 cm³/mol. The van der Waals surface area contributed by atoms with Crippen LogP contribution in [-0.4, -0.2) is 12.6 Å². The van der Waals surface area contributed by atoms with E-state index in [1.807, 2.05) is 6.08 Å². The molecule has 3 atom stereocenters. The van der Waals surface area contributed by atoms with Gasteiger partial charge in [0.1, 0.15) is 0 Å². The van der Waals surface area contributed by atoms with Crippen LogP contribution >= 0.6 is 0 Å². The van der Waals surface area contributed by atoms with Gasteiger partial charge in [-0.25, -0.2) is 4.79 Å². The quantitative estimate of drug-likeness (QED) is 0.424. The van der Waals surface area contributed by atoms with Crippen LogP contribution < -0.4 is 0 Å². The number of benzene rings is 1. The minimum Gasteiger partial charge on any atom is -0.462 e. The smallest absolute Gasteiger partial charge is 0.416 e. The van der Waals surface area contributed by atoms with Crippen LogP contribution in [0.4, 0.5) is 26.3 Å². The highest BCUT2D eigenvalue weighted by atomic mass is 19.4. The van der Waals surface area contributed by atoms with E-state index in [-0.39, 0.29) is 24.5 Å². The van der Waals surface area contributed by atoms with Crippen molar-refractivity contribution in [3.63, 3.8) is 0 Å². The van der Waals surface area contributed by atoms with E-state index in [1.54, 1.807) is 0 Å². The van der Waals surface area contributed by atoms with Gasteiger partial charge in [0.2, 0.25) is 0 Å². The molecule has 0 amide bonds. The number of carbonyl (C=O) groups is 1. The van der Waals surface area contributed by atoms with Crippen LogP contribution in [0.1, 0.15) is 34.3 Å². The fourth-order valence-corrected chi connectivity index (χ4v) is 3.43. The van der Waals surface area contributed by atoms with Crippen LogP contribution in [0.2, 0.25) is 0 Å². The monoisotopic (exact) mass is 364 g/mol. The Hall–Kier alpha value is -1.99. The summed E-state index contributed by atoms with van der Waals surface area (Å²) in [5.41, 5.74) is -3.81. The first-order valence-electron chi connectivity index (χ1n) is 7.69. The zero-order chi connectivity index (χ0) is 18.4. The normalized spacial score (nSPS) is 25.4. The summed E-state index contributed by atoms with van der Waals surface area (Å²) in [6.07, 6.45) is -4.14. The van der Waals surface area contributed by atoms with E-state index in [0.29, 0.717) is 18.1 Å². The lowest BCUT2D eigenvalue weighted by Gasteiger charge is -2.18. The zero-order valence-electron chi connectivity index (χ0n) is 12.8. The summed E-state index contributed by atoms with van der Waals surface area (Å²) in [5.74, 6) is -0.445. The number of carbonyl (C=O) groups excluding carboxylic acids is 1. The summed E-state index contributed by atoms with van der Waals surface area (Å²) in [4.78, 5) is 12.0. The number of alkyl halides is 6. The molecule has 0 spiro atoms. The summed E-state index contributed by atoms with van der Waals surface area (Å²) in [7, 11) is 0. The van der Waals surface area contributed by atoms with E-state index >= 15 is 0 Å². The summed E-state index contributed by atoms with van der Waals surface area (Å²) in [6.45, 7) is -0.0120. The van der Waals surface area contributed by atoms with Crippen molar-refractivity contribution in [2.24, 2.45) is 17.8 Å². The molecular formula is C17H14F6O2. The molecule has 2 aliphatic carbocycles. The molecule has 0 N–H and O–H groups in total. The van der Waals surface area contributed by atoms with E-state index in [1.165, 1.54) is 0 Å². The van der Waals surface area contributed by atoms with Crippen molar-refractivity contribution in [3.05, 3.63) is 47.0 Å². The van der Waals surface area contributed by atoms with Crippen molar-refractivity contribution in [2.75, 3.05) is 6.61 Å². The highest BCUT2D eigenvalue weighted by Gasteiger charge is 2.39. The third kappa shape index (κ3) is 3.82. The number of allylic oxidation sites excluding steroid dienone is 2. The van der Waals surface area contributed by atoms with Crippen LogP contribution in [0.3, 0.4) is 0 Å². The average Bonchev–Trinajstić information content (AvgIpc) is 3.13.